The molecule has 0 bridgehead atoms. The number of para-hydroxylation sites is 1. The van der Waals surface area contributed by atoms with Gasteiger partial charge < -0.3 is 4.98 Å². The molecule has 4 rings (SSSR count). The minimum Gasteiger partial charge on any atom is -0.360 e. The summed E-state index contributed by atoms with van der Waals surface area (Å²) in [6.07, 6.45) is 1.74. The number of benzene rings is 2. The summed E-state index contributed by atoms with van der Waals surface area (Å²) in [6, 6.07) is 15.6. The third-order valence-electron chi connectivity index (χ3n) is 3.68. The van der Waals surface area contributed by atoms with E-state index in [1.54, 1.807) is 6.20 Å². The summed E-state index contributed by atoms with van der Waals surface area (Å²) in [6.45, 7) is 2.04. The third kappa shape index (κ3) is 1.76. The Hall–Kier alpha value is -2.88. The number of aromatic amines is 1. The van der Waals surface area contributed by atoms with Gasteiger partial charge >= 0.3 is 0 Å². The molecule has 2 aliphatic heterocycles. The summed E-state index contributed by atoms with van der Waals surface area (Å²) in [5.74, 6) is 0. The van der Waals surface area contributed by atoms with Gasteiger partial charge in [-0.15, -0.1) is 0 Å². The van der Waals surface area contributed by atoms with E-state index in [9.17, 15) is 4.79 Å². The van der Waals surface area contributed by atoms with Gasteiger partial charge in [-0.05, 0) is 30.7 Å². The molecular formula is C17H13N3O. The van der Waals surface area contributed by atoms with Crippen LogP contribution in [0.5, 0.6) is 0 Å². The Bertz CT molecular complexity index is 966. The molecule has 4 nitrogen and oxygen atoms in total. The first kappa shape index (κ1) is 11.9. The molecule has 0 unspecified atom stereocenters. The van der Waals surface area contributed by atoms with E-state index in [2.05, 4.69) is 16.1 Å². The van der Waals surface area contributed by atoms with Gasteiger partial charge in [0.25, 0.3) is 5.56 Å². The minimum absolute atomic E-state index is 0.102. The summed E-state index contributed by atoms with van der Waals surface area (Å²) in [5.41, 5.74) is 4.17. The monoisotopic (exact) mass is 275 g/mol. The summed E-state index contributed by atoms with van der Waals surface area (Å²) < 4.78 is 1.46. The van der Waals surface area contributed by atoms with Crippen LogP contribution in [-0.4, -0.2) is 14.8 Å². The molecule has 0 aliphatic carbocycles. The van der Waals surface area contributed by atoms with Crippen molar-refractivity contribution in [3.05, 3.63) is 70.6 Å². The van der Waals surface area contributed by atoms with E-state index in [4.69, 9.17) is 0 Å². The molecule has 2 aromatic rings. The zero-order valence-electron chi connectivity index (χ0n) is 11.5. The first-order valence-electron chi connectivity index (χ1n) is 6.80. The molecule has 102 valence electrons. The zero-order chi connectivity index (χ0) is 14.4. The van der Waals surface area contributed by atoms with E-state index in [0.717, 1.165) is 22.3 Å². The highest BCUT2D eigenvalue weighted by atomic mass is 16.1. The number of hydrogen-bond donors (Lipinski definition) is 1. The summed E-state index contributed by atoms with van der Waals surface area (Å²) >= 11 is 0. The highest BCUT2D eigenvalue weighted by Gasteiger charge is 2.18. The number of aryl methyl sites for hydroxylation is 1. The molecule has 0 saturated heterocycles. The molecule has 0 radical (unpaired) electrons. The average molecular weight is 275 g/mol. The number of aromatic nitrogens is 3. The lowest BCUT2D eigenvalue weighted by Gasteiger charge is -2.03. The lowest BCUT2D eigenvalue weighted by atomic mass is 10.1. The van der Waals surface area contributed by atoms with Gasteiger partial charge in [0, 0.05) is 17.1 Å². The van der Waals surface area contributed by atoms with Crippen molar-refractivity contribution in [3.63, 3.8) is 0 Å². The normalized spacial score (nSPS) is 11.3. The Labute approximate surface area is 121 Å². The lowest BCUT2D eigenvalue weighted by Crippen LogP contribution is -2.14. The second kappa shape index (κ2) is 4.31. The van der Waals surface area contributed by atoms with Crippen molar-refractivity contribution >= 4 is 10.9 Å². The Morgan fingerprint density at radius 2 is 1.90 bits per heavy atom. The van der Waals surface area contributed by atoms with Crippen LogP contribution in [0.1, 0.15) is 5.56 Å². The second-order valence-corrected chi connectivity index (χ2v) is 5.15. The molecule has 0 atom stereocenters. The molecule has 2 aliphatic rings. The van der Waals surface area contributed by atoms with E-state index in [1.807, 2.05) is 49.4 Å². The fraction of sp³-hybridized carbons (Fsp3) is 0.0588. The Morgan fingerprint density at radius 3 is 2.71 bits per heavy atom. The van der Waals surface area contributed by atoms with Crippen LogP contribution in [-0.2, 0) is 0 Å². The van der Waals surface area contributed by atoms with Crippen molar-refractivity contribution in [2.75, 3.05) is 0 Å². The minimum atomic E-state index is -0.102. The second-order valence-electron chi connectivity index (χ2n) is 5.15. The molecule has 0 amide bonds. The Kier molecular flexibility index (Phi) is 2.44. The van der Waals surface area contributed by atoms with Gasteiger partial charge in [0.2, 0.25) is 0 Å². The Balaban J connectivity index is 2.08. The quantitative estimate of drug-likeness (QED) is 0.580. The predicted octanol–water partition coefficient (Wildman–Crippen LogP) is 3.13. The smallest absolute Gasteiger partial charge is 0.282 e. The SMILES string of the molecule is Cc1ccc2c3nn(-c4ccccc4)c(=O)c-3c[nH]c2c1. The molecular weight excluding hydrogens is 262 g/mol. The molecule has 2 aromatic carbocycles. The van der Waals surface area contributed by atoms with Crippen LogP contribution in [0, 0.1) is 6.92 Å². The van der Waals surface area contributed by atoms with Crippen LogP contribution in [0.2, 0.25) is 0 Å². The number of nitrogens with one attached hydrogen (secondary N) is 1. The number of nitrogens with zero attached hydrogens (tertiary/aromatic N) is 2. The number of pyridine rings is 1. The number of fused-ring (bicyclic) bond motifs is 3. The molecule has 1 N–H and O–H groups in total. The van der Waals surface area contributed by atoms with Crippen molar-refractivity contribution in [2.24, 2.45) is 0 Å². The summed E-state index contributed by atoms with van der Waals surface area (Å²) in [7, 11) is 0. The summed E-state index contributed by atoms with van der Waals surface area (Å²) in [4.78, 5) is 15.7. The van der Waals surface area contributed by atoms with Crippen LogP contribution < -0.4 is 5.56 Å². The van der Waals surface area contributed by atoms with E-state index in [0.29, 0.717) is 5.56 Å². The number of rotatable bonds is 1. The first-order chi connectivity index (χ1) is 10.2. The van der Waals surface area contributed by atoms with Gasteiger partial charge in [0.15, 0.2) is 0 Å². The molecule has 4 heteroatoms. The largest absolute Gasteiger partial charge is 0.360 e. The standard InChI is InChI=1S/C17H13N3O/c1-11-7-8-13-15(9-11)18-10-14-16(13)19-20(17(14)21)12-5-3-2-4-6-12/h2-10,18H,1H3. The van der Waals surface area contributed by atoms with Crippen molar-refractivity contribution in [3.8, 4) is 16.9 Å². The van der Waals surface area contributed by atoms with Crippen LogP contribution in [0.4, 0.5) is 0 Å². The zero-order valence-corrected chi connectivity index (χ0v) is 11.5. The number of hydrogen-bond acceptors (Lipinski definition) is 2. The van der Waals surface area contributed by atoms with Gasteiger partial charge in [-0.3, -0.25) is 4.79 Å². The maximum atomic E-state index is 12.5. The van der Waals surface area contributed by atoms with Gasteiger partial charge in [0.05, 0.1) is 11.3 Å². The molecule has 21 heavy (non-hydrogen) atoms. The van der Waals surface area contributed by atoms with Crippen molar-refractivity contribution in [1.82, 2.24) is 14.8 Å². The van der Waals surface area contributed by atoms with Crippen molar-refractivity contribution < 1.29 is 0 Å². The molecule has 0 spiro atoms. The highest BCUT2D eigenvalue weighted by Crippen LogP contribution is 2.26. The van der Waals surface area contributed by atoms with Crippen molar-refractivity contribution in [2.45, 2.75) is 6.92 Å². The summed E-state index contributed by atoms with van der Waals surface area (Å²) in [5, 5.41) is 5.49. The van der Waals surface area contributed by atoms with Gasteiger partial charge in [-0.25, -0.2) is 0 Å². The van der Waals surface area contributed by atoms with Gasteiger partial charge in [-0.2, -0.15) is 9.78 Å². The van der Waals surface area contributed by atoms with E-state index in [1.165, 1.54) is 10.2 Å². The predicted molar refractivity (Wildman–Crippen MR) is 83.0 cm³/mol. The van der Waals surface area contributed by atoms with Crippen LogP contribution in [0.15, 0.2) is 59.5 Å². The van der Waals surface area contributed by atoms with Crippen LogP contribution in [0.25, 0.3) is 27.8 Å². The van der Waals surface area contributed by atoms with Crippen molar-refractivity contribution in [1.29, 1.82) is 0 Å². The Morgan fingerprint density at radius 1 is 1.10 bits per heavy atom. The molecule has 0 aromatic heterocycles. The van der Waals surface area contributed by atoms with Gasteiger partial charge in [0.1, 0.15) is 5.69 Å². The fourth-order valence-corrected chi connectivity index (χ4v) is 2.62. The maximum Gasteiger partial charge on any atom is 0.282 e. The average Bonchev–Trinajstić information content (AvgIpc) is 2.85. The molecule has 0 fully saturated rings. The van der Waals surface area contributed by atoms with E-state index < -0.39 is 0 Å². The van der Waals surface area contributed by atoms with Crippen LogP contribution in [0.3, 0.4) is 0 Å². The van der Waals surface area contributed by atoms with Gasteiger partial charge in [-0.1, -0.05) is 30.3 Å². The third-order valence-corrected chi connectivity index (χ3v) is 3.68. The van der Waals surface area contributed by atoms with Crippen LogP contribution >= 0.6 is 0 Å². The molecule has 0 saturated carbocycles. The number of H-pyrrole nitrogens is 1. The molecule has 2 heterocycles. The maximum absolute atomic E-state index is 12.5. The van der Waals surface area contributed by atoms with E-state index in [-0.39, 0.29) is 5.56 Å². The van der Waals surface area contributed by atoms with E-state index >= 15 is 0 Å². The fourth-order valence-electron chi connectivity index (χ4n) is 2.62. The first-order valence-corrected chi connectivity index (χ1v) is 6.80. The highest BCUT2D eigenvalue weighted by molar-refractivity contribution is 5.93. The lowest BCUT2D eigenvalue weighted by molar-refractivity contribution is 0.859. The topological polar surface area (TPSA) is 50.7 Å².